The maximum absolute atomic E-state index is 12.6. The molecule has 9 nitrogen and oxygen atoms in total. The summed E-state index contributed by atoms with van der Waals surface area (Å²) in [7, 11) is -2.35. The molecule has 0 aliphatic carbocycles. The number of carbonyl (C=O) groups excluding carboxylic acids is 3. The number of nitrogens with zero attached hydrogens (tertiary/aromatic N) is 1. The van der Waals surface area contributed by atoms with Gasteiger partial charge in [0.25, 0.3) is 11.1 Å². The minimum atomic E-state index is -3.85. The van der Waals surface area contributed by atoms with Crippen LogP contribution in [0.25, 0.3) is 6.08 Å². The van der Waals surface area contributed by atoms with Gasteiger partial charge in [0.2, 0.25) is 15.9 Å². The molecule has 30 heavy (non-hydrogen) atoms. The lowest BCUT2D eigenvalue weighted by Gasteiger charge is -2.12. The Kier molecular flexibility index (Phi) is 6.25. The lowest BCUT2D eigenvalue weighted by Crippen LogP contribution is -2.36. The molecule has 0 unspecified atom stereocenters. The summed E-state index contributed by atoms with van der Waals surface area (Å²) in [5.41, 5.74) is 0.925. The van der Waals surface area contributed by atoms with Crippen LogP contribution in [-0.4, -0.2) is 44.0 Å². The molecule has 2 aromatic rings. The molecule has 1 heterocycles. The molecular formula is C19H17N3O6S2. The second-order valence-corrected chi connectivity index (χ2v) is 8.68. The standard InChI is InChI=1S/C19H17N3O6S2/c1-28-15-5-3-2-4-12(15)10-16-18(24)22(19(25)29-16)11-17(23)21-13-6-8-14(9-7-13)30(20,26)27/h2-10H,11H2,1H3,(H,21,23)(H2,20,26,27)/b16-10-. The van der Waals surface area contributed by atoms with Gasteiger partial charge >= 0.3 is 0 Å². The fraction of sp³-hybridized carbons (Fsp3) is 0.105. The second-order valence-electron chi connectivity index (χ2n) is 6.13. The minimum absolute atomic E-state index is 0.104. The van der Waals surface area contributed by atoms with Crippen molar-refractivity contribution in [1.29, 1.82) is 0 Å². The Morgan fingerprint density at radius 3 is 2.47 bits per heavy atom. The summed E-state index contributed by atoms with van der Waals surface area (Å²) in [5, 5.41) is 6.96. The number of benzene rings is 2. The molecule has 1 fully saturated rings. The highest BCUT2D eigenvalue weighted by molar-refractivity contribution is 8.18. The van der Waals surface area contributed by atoms with Crippen LogP contribution in [0.2, 0.25) is 0 Å². The Bertz CT molecular complexity index is 1140. The van der Waals surface area contributed by atoms with Crippen LogP contribution in [0.1, 0.15) is 5.56 Å². The maximum Gasteiger partial charge on any atom is 0.294 e. The summed E-state index contributed by atoms with van der Waals surface area (Å²) >= 11 is 0.731. The summed E-state index contributed by atoms with van der Waals surface area (Å²) in [5.74, 6) is -0.653. The van der Waals surface area contributed by atoms with E-state index in [4.69, 9.17) is 9.88 Å². The van der Waals surface area contributed by atoms with Crippen molar-refractivity contribution in [3.63, 3.8) is 0 Å². The molecule has 0 spiro atoms. The van der Waals surface area contributed by atoms with Crippen molar-refractivity contribution in [3.05, 3.63) is 59.0 Å². The van der Waals surface area contributed by atoms with Crippen molar-refractivity contribution in [2.75, 3.05) is 19.0 Å². The quantitative estimate of drug-likeness (QED) is 0.647. The number of carbonyl (C=O) groups is 3. The molecular weight excluding hydrogens is 430 g/mol. The van der Waals surface area contributed by atoms with E-state index in [-0.39, 0.29) is 9.80 Å². The molecule has 2 aromatic carbocycles. The molecule has 156 valence electrons. The molecule has 0 aromatic heterocycles. The van der Waals surface area contributed by atoms with E-state index in [0.29, 0.717) is 17.0 Å². The first-order valence-corrected chi connectivity index (χ1v) is 10.9. The largest absolute Gasteiger partial charge is 0.496 e. The zero-order chi connectivity index (χ0) is 21.9. The fourth-order valence-electron chi connectivity index (χ4n) is 2.64. The van der Waals surface area contributed by atoms with E-state index in [9.17, 15) is 22.8 Å². The molecule has 3 amide bonds. The van der Waals surface area contributed by atoms with E-state index in [1.54, 1.807) is 24.3 Å². The summed E-state index contributed by atoms with van der Waals surface area (Å²) in [4.78, 5) is 38.0. The molecule has 1 aliphatic heterocycles. The van der Waals surface area contributed by atoms with Crippen molar-refractivity contribution in [2.24, 2.45) is 5.14 Å². The number of hydrogen-bond acceptors (Lipinski definition) is 7. The Morgan fingerprint density at radius 1 is 1.17 bits per heavy atom. The van der Waals surface area contributed by atoms with Crippen LogP contribution in [0.4, 0.5) is 10.5 Å². The van der Waals surface area contributed by atoms with Gasteiger partial charge in [-0.15, -0.1) is 0 Å². The van der Waals surface area contributed by atoms with Gasteiger partial charge in [0, 0.05) is 11.3 Å². The van der Waals surface area contributed by atoms with Gasteiger partial charge in [0.15, 0.2) is 0 Å². The van der Waals surface area contributed by atoms with Crippen molar-refractivity contribution in [2.45, 2.75) is 4.90 Å². The Labute approximate surface area is 176 Å². The third-order valence-electron chi connectivity index (χ3n) is 4.07. The molecule has 3 rings (SSSR count). The summed E-state index contributed by atoms with van der Waals surface area (Å²) in [6, 6.07) is 12.2. The van der Waals surface area contributed by atoms with E-state index in [2.05, 4.69) is 5.32 Å². The molecule has 3 N–H and O–H groups in total. The molecule has 0 atom stereocenters. The average Bonchev–Trinajstić information content (AvgIpc) is 2.95. The van der Waals surface area contributed by atoms with Crippen LogP contribution in [-0.2, 0) is 19.6 Å². The Morgan fingerprint density at radius 2 is 1.83 bits per heavy atom. The summed E-state index contributed by atoms with van der Waals surface area (Å²) in [6.07, 6.45) is 1.54. The van der Waals surface area contributed by atoms with E-state index in [0.717, 1.165) is 16.7 Å². The number of para-hydroxylation sites is 1. The lowest BCUT2D eigenvalue weighted by atomic mass is 10.2. The first-order valence-electron chi connectivity index (χ1n) is 8.50. The smallest absolute Gasteiger partial charge is 0.294 e. The number of nitrogens with two attached hydrogens (primary N) is 1. The third-order valence-corrected chi connectivity index (χ3v) is 5.90. The van der Waals surface area contributed by atoms with Gasteiger partial charge in [-0.2, -0.15) is 0 Å². The summed E-state index contributed by atoms with van der Waals surface area (Å²) in [6.45, 7) is -0.481. The number of hydrogen-bond donors (Lipinski definition) is 2. The second kappa shape index (κ2) is 8.69. The first-order chi connectivity index (χ1) is 14.2. The molecule has 11 heteroatoms. The third kappa shape index (κ3) is 4.87. The predicted octanol–water partition coefficient (Wildman–Crippen LogP) is 2.02. The van der Waals surface area contributed by atoms with Gasteiger partial charge in [-0.25, -0.2) is 13.6 Å². The van der Waals surface area contributed by atoms with Crippen molar-refractivity contribution in [3.8, 4) is 5.75 Å². The number of thioether (sulfide) groups is 1. The molecule has 0 radical (unpaired) electrons. The van der Waals surface area contributed by atoms with Crippen molar-refractivity contribution >= 4 is 50.6 Å². The van der Waals surface area contributed by atoms with Crippen molar-refractivity contribution < 1.29 is 27.5 Å². The van der Waals surface area contributed by atoms with Gasteiger partial charge in [-0.1, -0.05) is 18.2 Å². The number of rotatable bonds is 6. The van der Waals surface area contributed by atoms with E-state index in [1.165, 1.54) is 37.5 Å². The number of primary sulfonamides is 1. The van der Waals surface area contributed by atoms with Crippen LogP contribution in [0, 0.1) is 0 Å². The minimum Gasteiger partial charge on any atom is -0.496 e. The van der Waals surface area contributed by atoms with E-state index in [1.807, 2.05) is 0 Å². The number of amides is 3. The lowest BCUT2D eigenvalue weighted by molar-refractivity contribution is -0.127. The molecule has 1 aliphatic rings. The zero-order valence-corrected chi connectivity index (χ0v) is 17.3. The SMILES string of the molecule is COc1ccccc1/C=C1\SC(=O)N(CC(=O)Nc2ccc(S(N)(=O)=O)cc2)C1=O. The molecule has 1 saturated heterocycles. The number of nitrogens with one attached hydrogen (secondary N) is 1. The molecule has 0 saturated carbocycles. The van der Waals surface area contributed by atoms with E-state index >= 15 is 0 Å². The van der Waals surface area contributed by atoms with Gasteiger partial charge in [0.1, 0.15) is 12.3 Å². The normalized spacial score (nSPS) is 15.5. The first kappa shape index (κ1) is 21.6. The predicted molar refractivity (Wildman–Crippen MR) is 112 cm³/mol. The monoisotopic (exact) mass is 447 g/mol. The number of sulfonamides is 1. The average molecular weight is 447 g/mol. The van der Waals surface area contributed by atoms with Crippen LogP contribution in [0.3, 0.4) is 0 Å². The van der Waals surface area contributed by atoms with Gasteiger partial charge in [0.05, 0.1) is 16.9 Å². The topological polar surface area (TPSA) is 136 Å². The maximum atomic E-state index is 12.6. The van der Waals surface area contributed by atoms with Gasteiger partial charge in [-0.05, 0) is 48.2 Å². The number of anilines is 1. The van der Waals surface area contributed by atoms with Crippen LogP contribution >= 0.6 is 11.8 Å². The highest BCUT2D eigenvalue weighted by atomic mass is 32.2. The Balaban J connectivity index is 1.69. The van der Waals surface area contributed by atoms with Crippen LogP contribution in [0.15, 0.2) is 58.3 Å². The van der Waals surface area contributed by atoms with E-state index < -0.39 is 33.6 Å². The summed E-state index contributed by atoms with van der Waals surface area (Å²) < 4.78 is 27.8. The zero-order valence-electron chi connectivity index (χ0n) is 15.7. The fourth-order valence-corrected chi connectivity index (χ4v) is 3.98. The number of imide groups is 1. The Hall–Kier alpha value is -3.15. The highest BCUT2D eigenvalue weighted by Gasteiger charge is 2.36. The van der Waals surface area contributed by atoms with Crippen LogP contribution in [0.5, 0.6) is 5.75 Å². The number of ether oxygens (including phenoxy) is 1. The van der Waals surface area contributed by atoms with Crippen molar-refractivity contribution in [1.82, 2.24) is 4.90 Å². The van der Waals surface area contributed by atoms with Gasteiger partial charge < -0.3 is 10.1 Å². The number of methoxy groups -OCH3 is 1. The highest BCUT2D eigenvalue weighted by Crippen LogP contribution is 2.33. The van der Waals surface area contributed by atoms with Crippen LogP contribution < -0.4 is 15.2 Å². The van der Waals surface area contributed by atoms with Gasteiger partial charge in [-0.3, -0.25) is 19.3 Å². The molecule has 0 bridgehead atoms.